The Morgan fingerprint density at radius 2 is 2.20 bits per heavy atom. The van der Waals surface area contributed by atoms with Crippen molar-refractivity contribution in [3.05, 3.63) is 35.9 Å². The van der Waals surface area contributed by atoms with Gasteiger partial charge in [0, 0.05) is 23.5 Å². The fourth-order valence-corrected chi connectivity index (χ4v) is 2.23. The fraction of sp³-hybridized carbons (Fsp3) is 0.364. The van der Waals surface area contributed by atoms with Gasteiger partial charge < -0.3 is 4.84 Å². The zero-order valence-electron chi connectivity index (χ0n) is 8.55. The minimum atomic E-state index is -0.838. The molecule has 0 amide bonds. The molecule has 0 N–H and O–H groups in total. The summed E-state index contributed by atoms with van der Waals surface area (Å²) < 4.78 is 11.0. The summed E-state index contributed by atoms with van der Waals surface area (Å²) in [4.78, 5) is 5.31. The van der Waals surface area contributed by atoms with E-state index in [4.69, 9.17) is 4.84 Å². The van der Waals surface area contributed by atoms with Gasteiger partial charge in [-0.05, 0) is 5.56 Å². The van der Waals surface area contributed by atoms with E-state index in [1.165, 1.54) is 0 Å². The molecule has 2 rings (SSSR count). The number of nitrogens with zero attached hydrogens (tertiary/aromatic N) is 1. The van der Waals surface area contributed by atoms with Gasteiger partial charge in [-0.25, -0.2) is 0 Å². The minimum absolute atomic E-state index is 0.00440. The second-order valence-corrected chi connectivity index (χ2v) is 5.02. The smallest absolute Gasteiger partial charge is 0.157 e. The summed E-state index contributed by atoms with van der Waals surface area (Å²) in [6.07, 6.45) is 2.44. The third kappa shape index (κ3) is 2.65. The Labute approximate surface area is 91.6 Å². The topological polar surface area (TPSA) is 38.7 Å². The Kier molecular flexibility index (Phi) is 3.16. The first kappa shape index (κ1) is 10.4. The molecule has 15 heavy (non-hydrogen) atoms. The van der Waals surface area contributed by atoms with Crippen LogP contribution in [-0.2, 0) is 15.6 Å². The highest BCUT2D eigenvalue weighted by Crippen LogP contribution is 2.26. The van der Waals surface area contributed by atoms with Crippen molar-refractivity contribution in [3.63, 3.8) is 0 Å². The molecule has 3 nitrogen and oxygen atoms in total. The number of rotatable bonds is 3. The minimum Gasteiger partial charge on any atom is -0.387 e. The van der Waals surface area contributed by atoms with E-state index >= 15 is 0 Å². The molecule has 1 aromatic rings. The van der Waals surface area contributed by atoms with E-state index in [2.05, 4.69) is 5.16 Å². The van der Waals surface area contributed by atoms with Gasteiger partial charge >= 0.3 is 0 Å². The van der Waals surface area contributed by atoms with Crippen LogP contribution in [0.2, 0.25) is 0 Å². The zero-order chi connectivity index (χ0) is 10.7. The van der Waals surface area contributed by atoms with Crippen LogP contribution in [-0.4, -0.2) is 21.9 Å². The average molecular weight is 223 g/mol. The van der Waals surface area contributed by atoms with Gasteiger partial charge in [-0.2, -0.15) is 0 Å². The summed E-state index contributed by atoms with van der Waals surface area (Å²) in [5, 5.41) is 3.96. The first-order valence-corrected chi connectivity index (χ1v) is 6.55. The maximum atomic E-state index is 11.0. The lowest BCUT2D eigenvalue weighted by Crippen LogP contribution is -2.08. The molecule has 0 aliphatic carbocycles. The molecule has 1 aliphatic rings. The van der Waals surface area contributed by atoms with Crippen molar-refractivity contribution in [2.24, 2.45) is 5.16 Å². The van der Waals surface area contributed by atoms with Crippen LogP contribution in [0.15, 0.2) is 35.5 Å². The molecule has 4 heteroatoms. The molecular weight excluding hydrogens is 210 g/mol. The van der Waals surface area contributed by atoms with Gasteiger partial charge in [0.25, 0.3) is 0 Å². The van der Waals surface area contributed by atoms with Gasteiger partial charge in [-0.1, -0.05) is 35.5 Å². The van der Waals surface area contributed by atoms with E-state index in [1.807, 2.05) is 30.3 Å². The Balaban J connectivity index is 1.99. The molecule has 0 saturated carbocycles. The van der Waals surface area contributed by atoms with E-state index in [9.17, 15) is 4.21 Å². The standard InChI is InChI=1S/C11H13NO2S/c1-15(13)8-10-7-11(14-12-10)9-5-3-2-4-6-9/h2-6,11H,7-8H2,1H3. The largest absolute Gasteiger partial charge is 0.387 e. The average Bonchev–Trinajstić information content (AvgIpc) is 2.67. The highest BCUT2D eigenvalue weighted by atomic mass is 32.2. The van der Waals surface area contributed by atoms with Crippen LogP contribution >= 0.6 is 0 Å². The fourth-order valence-electron chi connectivity index (χ4n) is 1.59. The van der Waals surface area contributed by atoms with Crippen LogP contribution in [0.3, 0.4) is 0 Å². The highest BCUT2D eigenvalue weighted by Gasteiger charge is 2.22. The monoisotopic (exact) mass is 223 g/mol. The molecule has 2 unspecified atom stereocenters. The van der Waals surface area contributed by atoms with Crippen molar-refractivity contribution in [2.75, 3.05) is 12.0 Å². The molecule has 2 atom stereocenters. The summed E-state index contributed by atoms with van der Waals surface area (Å²) in [6, 6.07) is 9.97. The first-order chi connectivity index (χ1) is 7.25. The third-order valence-corrected chi connectivity index (χ3v) is 3.01. The summed E-state index contributed by atoms with van der Waals surface area (Å²) in [7, 11) is -0.838. The molecule has 1 aliphatic heterocycles. The lowest BCUT2D eigenvalue weighted by Gasteiger charge is -2.07. The first-order valence-electron chi connectivity index (χ1n) is 4.82. The Hall–Kier alpha value is -1.16. The van der Waals surface area contributed by atoms with Crippen LogP contribution < -0.4 is 0 Å². The van der Waals surface area contributed by atoms with Crippen LogP contribution in [0.5, 0.6) is 0 Å². The molecule has 1 aromatic carbocycles. The Morgan fingerprint density at radius 1 is 1.47 bits per heavy atom. The highest BCUT2D eigenvalue weighted by molar-refractivity contribution is 7.85. The molecule has 0 spiro atoms. The van der Waals surface area contributed by atoms with Gasteiger partial charge in [0.1, 0.15) is 0 Å². The summed E-state index contributed by atoms with van der Waals surface area (Å²) in [5.41, 5.74) is 2.02. The molecule has 0 aromatic heterocycles. The van der Waals surface area contributed by atoms with Crippen LogP contribution in [0, 0.1) is 0 Å². The number of hydrogen-bond donors (Lipinski definition) is 0. The predicted octanol–water partition coefficient (Wildman–Crippen LogP) is 1.88. The van der Waals surface area contributed by atoms with Crippen LogP contribution in [0.25, 0.3) is 0 Å². The van der Waals surface area contributed by atoms with E-state index in [0.717, 1.165) is 17.7 Å². The lowest BCUT2D eigenvalue weighted by atomic mass is 10.1. The van der Waals surface area contributed by atoms with E-state index in [1.54, 1.807) is 6.26 Å². The van der Waals surface area contributed by atoms with Crippen molar-refractivity contribution in [2.45, 2.75) is 12.5 Å². The quantitative estimate of drug-likeness (QED) is 0.784. The lowest BCUT2D eigenvalue weighted by molar-refractivity contribution is 0.0857. The zero-order valence-corrected chi connectivity index (χ0v) is 9.37. The van der Waals surface area contributed by atoms with Gasteiger partial charge in [0.15, 0.2) is 6.10 Å². The number of oxime groups is 1. The van der Waals surface area contributed by atoms with Gasteiger partial charge in [0.05, 0.1) is 11.5 Å². The number of benzene rings is 1. The maximum absolute atomic E-state index is 11.0. The SMILES string of the molecule is CS(=O)CC1=NOC(c2ccccc2)C1. The summed E-state index contributed by atoms with van der Waals surface area (Å²) in [6.45, 7) is 0. The second kappa shape index (κ2) is 4.57. The van der Waals surface area contributed by atoms with E-state index < -0.39 is 10.8 Å². The molecule has 1 heterocycles. The normalized spacial score (nSPS) is 21.9. The molecule has 0 bridgehead atoms. The second-order valence-electron chi connectivity index (χ2n) is 3.58. The van der Waals surface area contributed by atoms with Crippen molar-refractivity contribution in [1.82, 2.24) is 0 Å². The van der Waals surface area contributed by atoms with E-state index in [-0.39, 0.29) is 6.10 Å². The molecular formula is C11H13NO2S. The maximum Gasteiger partial charge on any atom is 0.157 e. The molecule has 0 saturated heterocycles. The summed E-state index contributed by atoms with van der Waals surface area (Å²) >= 11 is 0. The Morgan fingerprint density at radius 3 is 2.87 bits per heavy atom. The van der Waals surface area contributed by atoms with Crippen molar-refractivity contribution in [3.8, 4) is 0 Å². The molecule has 80 valence electrons. The van der Waals surface area contributed by atoms with Crippen molar-refractivity contribution >= 4 is 16.5 Å². The third-order valence-electron chi connectivity index (χ3n) is 2.27. The van der Waals surface area contributed by atoms with Crippen molar-refractivity contribution < 1.29 is 9.05 Å². The Bertz CT molecular complexity index is 389. The van der Waals surface area contributed by atoms with Gasteiger partial charge in [0.2, 0.25) is 0 Å². The predicted molar refractivity (Wildman–Crippen MR) is 61.3 cm³/mol. The number of hydrogen-bond acceptors (Lipinski definition) is 3. The van der Waals surface area contributed by atoms with Crippen molar-refractivity contribution in [1.29, 1.82) is 0 Å². The van der Waals surface area contributed by atoms with Gasteiger partial charge in [-0.3, -0.25) is 4.21 Å². The molecule has 0 radical (unpaired) electrons. The van der Waals surface area contributed by atoms with E-state index in [0.29, 0.717) is 5.75 Å². The van der Waals surface area contributed by atoms with Crippen LogP contribution in [0.1, 0.15) is 18.1 Å². The molecule has 0 fully saturated rings. The van der Waals surface area contributed by atoms with Gasteiger partial charge in [-0.15, -0.1) is 0 Å². The van der Waals surface area contributed by atoms with Crippen LogP contribution in [0.4, 0.5) is 0 Å². The summed E-state index contributed by atoms with van der Waals surface area (Å²) in [5.74, 6) is 0.517.